The number of fused-ring (bicyclic) bond motifs is 1. The minimum absolute atomic E-state index is 0.0270. The van der Waals surface area contributed by atoms with Gasteiger partial charge >= 0.3 is 0 Å². The monoisotopic (exact) mass is 455 g/mol. The number of hydrogen-bond acceptors (Lipinski definition) is 5. The van der Waals surface area contributed by atoms with Gasteiger partial charge in [0.05, 0.1) is 19.0 Å². The number of nitrogens with zero attached hydrogens (tertiary/aromatic N) is 3. The van der Waals surface area contributed by atoms with E-state index < -0.39 is 5.91 Å². The van der Waals surface area contributed by atoms with Crippen LogP contribution >= 0.6 is 11.6 Å². The summed E-state index contributed by atoms with van der Waals surface area (Å²) in [6.45, 7) is 3.74. The van der Waals surface area contributed by atoms with Crippen molar-refractivity contribution in [2.75, 3.05) is 26.9 Å². The molecular formula is C24H26ClN3O4. The minimum Gasteiger partial charge on any atom is -0.497 e. The van der Waals surface area contributed by atoms with Gasteiger partial charge in [0.1, 0.15) is 12.4 Å². The summed E-state index contributed by atoms with van der Waals surface area (Å²) in [4.78, 5) is 28.2. The second kappa shape index (κ2) is 9.32. The second-order valence-electron chi connectivity index (χ2n) is 8.03. The molecule has 1 aliphatic heterocycles. The molecule has 0 aliphatic carbocycles. The Bertz CT molecular complexity index is 1150. The number of benzene rings is 2. The molecule has 32 heavy (non-hydrogen) atoms. The zero-order valence-corrected chi connectivity index (χ0v) is 18.9. The molecule has 3 aromatic rings. The number of ether oxygens (including phenoxy) is 1. The average Bonchev–Trinajstić information content (AvgIpc) is 3.39. The van der Waals surface area contributed by atoms with E-state index in [1.165, 1.54) is 0 Å². The van der Waals surface area contributed by atoms with Gasteiger partial charge in [0, 0.05) is 21.7 Å². The van der Waals surface area contributed by atoms with Crippen LogP contribution in [0.25, 0.3) is 10.9 Å². The fraction of sp³-hybridized carbons (Fsp3) is 0.333. The molecule has 1 saturated heterocycles. The average molecular weight is 456 g/mol. The maximum atomic E-state index is 13.3. The van der Waals surface area contributed by atoms with Crippen LogP contribution in [0.2, 0.25) is 5.02 Å². The molecule has 2 aromatic carbocycles. The standard InChI is InChI=1S/C24H26ClN3O4/c1-16-20(14-23(29)27(31)15-26-11-3-4-12-26)21-13-19(32-2)9-10-22(21)28(16)24(30)17-5-7-18(25)8-6-17/h5-10,13,31H,3-4,11-12,14-15H2,1-2H3. The van der Waals surface area contributed by atoms with E-state index in [0.717, 1.165) is 36.4 Å². The first kappa shape index (κ1) is 22.3. The molecule has 7 nitrogen and oxygen atoms in total. The Kier molecular flexibility index (Phi) is 6.50. The van der Waals surface area contributed by atoms with Gasteiger partial charge in [-0.25, -0.2) is 5.06 Å². The van der Waals surface area contributed by atoms with Crippen molar-refractivity contribution >= 4 is 34.3 Å². The highest BCUT2D eigenvalue weighted by Gasteiger charge is 2.24. The Morgan fingerprint density at radius 2 is 1.81 bits per heavy atom. The number of carbonyl (C=O) groups is 2. The third-order valence-corrected chi connectivity index (χ3v) is 6.24. The van der Waals surface area contributed by atoms with Crippen LogP contribution in [0.3, 0.4) is 0 Å². The van der Waals surface area contributed by atoms with Crippen molar-refractivity contribution < 1.29 is 19.5 Å². The number of methoxy groups -OCH3 is 1. The van der Waals surface area contributed by atoms with E-state index in [0.29, 0.717) is 33.1 Å². The number of aromatic nitrogens is 1. The third kappa shape index (κ3) is 4.37. The van der Waals surface area contributed by atoms with Crippen LogP contribution < -0.4 is 4.74 Å². The van der Waals surface area contributed by atoms with Crippen LogP contribution in [0.4, 0.5) is 0 Å². The van der Waals surface area contributed by atoms with Crippen molar-refractivity contribution in [3.05, 3.63) is 64.3 Å². The topological polar surface area (TPSA) is 75.0 Å². The van der Waals surface area contributed by atoms with Crippen molar-refractivity contribution in [1.29, 1.82) is 0 Å². The summed E-state index contributed by atoms with van der Waals surface area (Å²) in [6.07, 6.45) is 2.11. The largest absolute Gasteiger partial charge is 0.497 e. The second-order valence-corrected chi connectivity index (χ2v) is 8.47. The first-order chi connectivity index (χ1) is 15.4. The highest BCUT2D eigenvalue weighted by molar-refractivity contribution is 6.30. The van der Waals surface area contributed by atoms with Crippen LogP contribution in [0.15, 0.2) is 42.5 Å². The highest BCUT2D eigenvalue weighted by Crippen LogP contribution is 2.31. The van der Waals surface area contributed by atoms with Crippen LogP contribution in [0, 0.1) is 6.92 Å². The lowest BCUT2D eigenvalue weighted by atomic mass is 10.1. The summed E-state index contributed by atoms with van der Waals surface area (Å²) < 4.78 is 6.97. The number of likely N-dealkylation sites (tertiary alicyclic amines) is 1. The Labute approximate surface area is 191 Å². The van der Waals surface area contributed by atoms with Gasteiger partial charge in [-0.1, -0.05) is 11.6 Å². The Balaban J connectivity index is 1.71. The van der Waals surface area contributed by atoms with E-state index in [1.807, 2.05) is 24.0 Å². The number of amides is 1. The number of rotatable bonds is 6. The number of hydrogen-bond donors (Lipinski definition) is 1. The molecule has 2 heterocycles. The van der Waals surface area contributed by atoms with E-state index in [-0.39, 0.29) is 19.0 Å². The van der Waals surface area contributed by atoms with Crippen LogP contribution in [0.1, 0.15) is 34.5 Å². The van der Waals surface area contributed by atoms with E-state index >= 15 is 0 Å². The lowest BCUT2D eigenvalue weighted by molar-refractivity contribution is -0.172. The number of halogens is 1. The van der Waals surface area contributed by atoms with Gasteiger partial charge in [0.25, 0.3) is 11.8 Å². The predicted molar refractivity (Wildman–Crippen MR) is 122 cm³/mol. The molecular weight excluding hydrogens is 430 g/mol. The lowest BCUT2D eigenvalue weighted by Gasteiger charge is -2.22. The highest BCUT2D eigenvalue weighted by atomic mass is 35.5. The quantitative estimate of drug-likeness (QED) is 0.447. The Morgan fingerprint density at radius 1 is 1.12 bits per heavy atom. The summed E-state index contributed by atoms with van der Waals surface area (Å²) in [5.74, 6) is -0.00743. The SMILES string of the molecule is COc1ccc2c(c1)c(CC(=O)N(O)CN1CCCC1)c(C)n2C(=O)c1ccc(Cl)cc1. The Morgan fingerprint density at radius 3 is 2.47 bits per heavy atom. The van der Waals surface area contributed by atoms with Crippen molar-refractivity contribution in [3.63, 3.8) is 0 Å². The zero-order chi connectivity index (χ0) is 22.8. The fourth-order valence-electron chi connectivity index (χ4n) is 4.23. The van der Waals surface area contributed by atoms with Gasteiger partial charge < -0.3 is 4.74 Å². The lowest BCUT2D eigenvalue weighted by Crippen LogP contribution is -2.38. The predicted octanol–water partition coefficient (Wildman–Crippen LogP) is 4.11. The molecule has 0 radical (unpaired) electrons. The van der Waals surface area contributed by atoms with E-state index in [1.54, 1.807) is 42.0 Å². The zero-order valence-electron chi connectivity index (χ0n) is 18.2. The van der Waals surface area contributed by atoms with E-state index in [4.69, 9.17) is 16.3 Å². The summed E-state index contributed by atoms with van der Waals surface area (Å²) in [5.41, 5.74) is 2.50. The maximum absolute atomic E-state index is 13.3. The van der Waals surface area contributed by atoms with E-state index in [9.17, 15) is 14.8 Å². The Hall–Kier alpha value is -2.87. The molecule has 1 amide bonds. The van der Waals surface area contributed by atoms with Gasteiger partial charge in [-0.15, -0.1) is 0 Å². The first-order valence-electron chi connectivity index (χ1n) is 10.6. The molecule has 0 unspecified atom stereocenters. The molecule has 4 rings (SSSR count). The van der Waals surface area contributed by atoms with Crippen LogP contribution in [0.5, 0.6) is 5.75 Å². The van der Waals surface area contributed by atoms with Crippen molar-refractivity contribution in [3.8, 4) is 5.75 Å². The first-order valence-corrected chi connectivity index (χ1v) is 11.0. The fourth-order valence-corrected chi connectivity index (χ4v) is 4.36. The van der Waals surface area contributed by atoms with Crippen molar-refractivity contribution in [2.24, 2.45) is 0 Å². The molecule has 0 spiro atoms. The maximum Gasteiger partial charge on any atom is 0.262 e. The molecule has 0 atom stereocenters. The molecule has 1 aliphatic rings. The van der Waals surface area contributed by atoms with Crippen LogP contribution in [-0.2, 0) is 11.2 Å². The molecule has 1 aromatic heterocycles. The summed E-state index contributed by atoms with van der Waals surface area (Å²) in [7, 11) is 1.57. The summed E-state index contributed by atoms with van der Waals surface area (Å²) in [5, 5.41) is 12.4. The summed E-state index contributed by atoms with van der Waals surface area (Å²) in [6, 6.07) is 12.1. The molecule has 0 saturated carbocycles. The molecule has 1 fully saturated rings. The van der Waals surface area contributed by atoms with E-state index in [2.05, 4.69) is 0 Å². The normalized spacial score (nSPS) is 14.1. The van der Waals surface area contributed by atoms with Gasteiger partial charge in [-0.05, 0) is 80.9 Å². The third-order valence-electron chi connectivity index (χ3n) is 5.98. The number of hydroxylamine groups is 2. The van der Waals surface area contributed by atoms with Gasteiger partial charge in [0.2, 0.25) is 0 Å². The summed E-state index contributed by atoms with van der Waals surface area (Å²) >= 11 is 5.97. The smallest absolute Gasteiger partial charge is 0.262 e. The molecule has 168 valence electrons. The number of carbonyl (C=O) groups excluding carboxylic acids is 2. The van der Waals surface area contributed by atoms with Crippen molar-refractivity contribution in [1.82, 2.24) is 14.5 Å². The minimum atomic E-state index is -0.416. The van der Waals surface area contributed by atoms with Gasteiger partial charge in [-0.2, -0.15) is 0 Å². The molecule has 1 N–H and O–H groups in total. The van der Waals surface area contributed by atoms with Crippen LogP contribution in [-0.4, -0.2) is 58.4 Å². The molecule has 0 bridgehead atoms. The van der Waals surface area contributed by atoms with Gasteiger partial charge in [-0.3, -0.25) is 24.3 Å². The van der Waals surface area contributed by atoms with Crippen molar-refractivity contribution in [2.45, 2.75) is 26.2 Å². The van der Waals surface area contributed by atoms with Gasteiger partial charge in [0.15, 0.2) is 0 Å². The molecule has 8 heteroatoms.